The Hall–Kier alpha value is -0.980. The highest BCUT2D eigenvalue weighted by Gasteiger charge is 2.24. The molecule has 68 valence electrons. The summed E-state index contributed by atoms with van der Waals surface area (Å²) in [5.41, 5.74) is 2.89. The van der Waals surface area contributed by atoms with Gasteiger partial charge >= 0.3 is 0 Å². The largest absolute Gasteiger partial charge is 0.493 e. The van der Waals surface area contributed by atoms with Crippen molar-refractivity contribution in [2.75, 3.05) is 6.61 Å². The first-order chi connectivity index (χ1) is 6.43. The first kappa shape index (κ1) is 7.43. The van der Waals surface area contributed by atoms with E-state index in [1.807, 2.05) is 0 Å². The number of aryl methyl sites for hydroxylation is 1. The van der Waals surface area contributed by atoms with Gasteiger partial charge in [0, 0.05) is 0 Å². The van der Waals surface area contributed by atoms with Gasteiger partial charge in [-0.25, -0.2) is 0 Å². The maximum atomic E-state index is 5.64. The molecule has 0 saturated heterocycles. The molecule has 2 aliphatic rings. The van der Waals surface area contributed by atoms with Crippen LogP contribution in [0.25, 0.3) is 0 Å². The van der Waals surface area contributed by atoms with Gasteiger partial charge in [0.1, 0.15) is 5.75 Å². The van der Waals surface area contributed by atoms with E-state index < -0.39 is 0 Å². The number of ether oxygens (including phenoxy) is 1. The van der Waals surface area contributed by atoms with Crippen molar-refractivity contribution in [2.45, 2.75) is 31.6 Å². The van der Waals surface area contributed by atoms with Gasteiger partial charge in [-0.3, -0.25) is 0 Å². The van der Waals surface area contributed by atoms with E-state index in [9.17, 15) is 0 Å². The van der Waals surface area contributed by atoms with Crippen molar-refractivity contribution in [1.82, 2.24) is 0 Å². The van der Waals surface area contributed by atoms with Crippen molar-refractivity contribution < 1.29 is 4.74 Å². The lowest BCUT2D eigenvalue weighted by Gasteiger charge is -2.17. The van der Waals surface area contributed by atoms with E-state index in [2.05, 4.69) is 18.2 Å². The number of fused-ring (bicyclic) bond motifs is 1. The van der Waals surface area contributed by atoms with Gasteiger partial charge in [0.25, 0.3) is 0 Å². The minimum atomic E-state index is 0.843. The molecule has 1 nitrogen and oxygen atoms in total. The molecule has 0 spiro atoms. The summed E-state index contributed by atoms with van der Waals surface area (Å²) in [6, 6.07) is 6.79. The zero-order chi connectivity index (χ0) is 8.67. The quantitative estimate of drug-likeness (QED) is 0.636. The first-order valence-electron chi connectivity index (χ1n) is 5.19. The molecule has 0 aromatic heterocycles. The molecule has 13 heavy (non-hydrogen) atoms. The van der Waals surface area contributed by atoms with Gasteiger partial charge in [-0.2, -0.15) is 0 Å². The molecular weight excluding hydrogens is 160 g/mol. The SMILES string of the molecule is c1cc2c(cc1C1CC1)OCCC2. The summed E-state index contributed by atoms with van der Waals surface area (Å²) in [5, 5.41) is 0. The molecule has 1 aliphatic heterocycles. The minimum absolute atomic E-state index is 0.843. The van der Waals surface area contributed by atoms with Gasteiger partial charge in [0.2, 0.25) is 0 Å². The molecule has 1 fully saturated rings. The van der Waals surface area contributed by atoms with Crippen LogP contribution in [-0.4, -0.2) is 6.61 Å². The van der Waals surface area contributed by atoms with Gasteiger partial charge in [-0.05, 0) is 48.8 Å². The summed E-state index contributed by atoms with van der Waals surface area (Å²) in [6.07, 6.45) is 5.12. The lowest BCUT2D eigenvalue weighted by molar-refractivity contribution is 0.288. The Kier molecular flexibility index (Phi) is 1.58. The highest BCUT2D eigenvalue weighted by atomic mass is 16.5. The summed E-state index contributed by atoms with van der Waals surface area (Å²) in [6.45, 7) is 0.904. The van der Waals surface area contributed by atoms with Crippen molar-refractivity contribution in [3.05, 3.63) is 29.3 Å². The summed E-state index contributed by atoms with van der Waals surface area (Å²) in [5.74, 6) is 1.99. The molecule has 1 saturated carbocycles. The van der Waals surface area contributed by atoms with Crippen molar-refractivity contribution in [1.29, 1.82) is 0 Å². The molecule has 0 N–H and O–H groups in total. The van der Waals surface area contributed by atoms with Crippen LogP contribution in [0, 0.1) is 0 Å². The number of hydrogen-bond donors (Lipinski definition) is 0. The van der Waals surface area contributed by atoms with Crippen molar-refractivity contribution in [2.24, 2.45) is 0 Å². The number of hydrogen-bond acceptors (Lipinski definition) is 1. The van der Waals surface area contributed by atoms with Crippen LogP contribution in [0.15, 0.2) is 18.2 Å². The molecule has 0 amide bonds. The van der Waals surface area contributed by atoms with Crippen LogP contribution in [0.4, 0.5) is 0 Å². The fourth-order valence-corrected chi connectivity index (χ4v) is 2.03. The molecular formula is C12H14O. The van der Waals surface area contributed by atoms with Crippen molar-refractivity contribution >= 4 is 0 Å². The zero-order valence-electron chi connectivity index (χ0n) is 7.75. The maximum Gasteiger partial charge on any atom is 0.122 e. The van der Waals surface area contributed by atoms with E-state index in [1.165, 1.54) is 36.8 Å². The topological polar surface area (TPSA) is 9.23 Å². The Labute approximate surface area is 78.7 Å². The third-order valence-electron chi connectivity index (χ3n) is 2.99. The predicted molar refractivity (Wildman–Crippen MR) is 52.2 cm³/mol. The Morgan fingerprint density at radius 1 is 1.23 bits per heavy atom. The van der Waals surface area contributed by atoms with E-state index in [-0.39, 0.29) is 0 Å². The van der Waals surface area contributed by atoms with Gasteiger partial charge in [-0.15, -0.1) is 0 Å². The average molecular weight is 174 g/mol. The van der Waals surface area contributed by atoms with Crippen molar-refractivity contribution in [3.63, 3.8) is 0 Å². The Morgan fingerprint density at radius 2 is 2.15 bits per heavy atom. The van der Waals surface area contributed by atoms with Crippen LogP contribution < -0.4 is 4.74 Å². The highest BCUT2D eigenvalue weighted by Crippen LogP contribution is 2.42. The summed E-state index contributed by atoms with van der Waals surface area (Å²) in [4.78, 5) is 0. The molecule has 1 aromatic carbocycles. The Bertz CT molecular complexity index is 326. The van der Waals surface area contributed by atoms with Gasteiger partial charge < -0.3 is 4.74 Å². The van der Waals surface area contributed by atoms with Crippen LogP contribution in [-0.2, 0) is 6.42 Å². The molecule has 0 unspecified atom stereocenters. The maximum absolute atomic E-state index is 5.64. The molecule has 3 rings (SSSR count). The Morgan fingerprint density at radius 3 is 3.00 bits per heavy atom. The standard InChI is InChI=1S/C12H14O/c1-2-10-5-6-11(9-3-4-9)8-12(10)13-7-1/h5-6,8-9H,1-4,7H2. The summed E-state index contributed by atoms with van der Waals surface area (Å²) in [7, 11) is 0. The fraction of sp³-hybridized carbons (Fsp3) is 0.500. The molecule has 0 radical (unpaired) electrons. The third-order valence-corrected chi connectivity index (χ3v) is 2.99. The second-order valence-electron chi connectivity index (χ2n) is 4.09. The van der Waals surface area contributed by atoms with Crippen molar-refractivity contribution in [3.8, 4) is 5.75 Å². The van der Waals surface area contributed by atoms with E-state index in [4.69, 9.17) is 4.74 Å². The minimum Gasteiger partial charge on any atom is -0.493 e. The number of rotatable bonds is 1. The molecule has 1 aliphatic carbocycles. The van der Waals surface area contributed by atoms with E-state index >= 15 is 0 Å². The molecule has 0 bridgehead atoms. The van der Waals surface area contributed by atoms with Crippen LogP contribution in [0.1, 0.15) is 36.3 Å². The number of benzene rings is 1. The second kappa shape index (κ2) is 2.76. The first-order valence-corrected chi connectivity index (χ1v) is 5.19. The monoisotopic (exact) mass is 174 g/mol. The molecule has 0 atom stereocenters. The lowest BCUT2D eigenvalue weighted by atomic mass is 10.0. The van der Waals surface area contributed by atoms with Crippen LogP contribution >= 0.6 is 0 Å². The molecule has 1 heterocycles. The van der Waals surface area contributed by atoms with Gasteiger partial charge in [0.15, 0.2) is 0 Å². The van der Waals surface area contributed by atoms with Gasteiger partial charge in [-0.1, -0.05) is 12.1 Å². The Balaban J connectivity index is 1.98. The van der Waals surface area contributed by atoms with E-state index in [1.54, 1.807) is 0 Å². The zero-order valence-corrected chi connectivity index (χ0v) is 7.75. The smallest absolute Gasteiger partial charge is 0.122 e. The van der Waals surface area contributed by atoms with Crippen LogP contribution in [0.3, 0.4) is 0 Å². The van der Waals surface area contributed by atoms with Crippen LogP contribution in [0.5, 0.6) is 5.75 Å². The highest BCUT2D eigenvalue weighted by molar-refractivity contribution is 5.41. The second-order valence-corrected chi connectivity index (χ2v) is 4.09. The predicted octanol–water partition coefficient (Wildman–Crippen LogP) is 2.89. The van der Waals surface area contributed by atoms with Crippen LogP contribution in [0.2, 0.25) is 0 Å². The van der Waals surface area contributed by atoms with E-state index in [0.29, 0.717) is 0 Å². The average Bonchev–Trinajstić information content (AvgIpc) is 3.00. The molecule has 1 heteroatoms. The normalized spacial score (nSPS) is 20.6. The third kappa shape index (κ3) is 1.32. The molecule has 1 aromatic rings. The van der Waals surface area contributed by atoms with Gasteiger partial charge in [0.05, 0.1) is 6.61 Å². The lowest BCUT2D eigenvalue weighted by Crippen LogP contribution is -2.08. The fourth-order valence-electron chi connectivity index (χ4n) is 2.03. The van der Waals surface area contributed by atoms with E-state index in [0.717, 1.165) is 18.3 Å². The summed E-state index contributed by atoms with van der Waals surface area (Å²) < 4.78 is 5.64. The summed E-state index contributed by atoms with van der Waals surface area (Å²) >= 11 is 0.